The van der Waals surface area contributed by atoms with Gasteiger partial charge in [0.25, 0.3) is 5.91 Å². The molecule has 7 nitrogen and oxygen atoms in total. The molecule has 1 atom stereocenters. The summed E-state index contributed by atoms with van der Waals surface area (Å²) in [5.41, 5.74) is 0.472. The van der Waals surface area contributed by atoms with Gasteiger partial charge < -0.3 is 19.7 Å². The highest BCUT2D eigenvalue weighted by Crippen LogP contribution is 2.21. The van der Waals surface area contributed by atoms with Crippen molar-refractivity contribution in [3.63, 3.8) is 0 Å². The minimum absolute atomic E-state index is 0.0579. The van der Waals surface area contributed by atoms with Crippen molar-refractivity contribution in [2.75, 3.05) is 26.8 Å². The SMILES string of the molecule is CCOC(=O)C1CCN(C(=O)C(NC(=O)c2ccc(OC)cc2)C(C)C)CC1. The molecule has 0 radical (unpaired) electrons. The molecule has 0 aromatic heterocycles. The Balaban J connectivity index is 1.98. The van der Waals surface area contributed by atoms with Crippen LogP contribution in [0, 0.1) is 11.8 Å². The number of ether oxygens (including phenoxy) is 2. The van der Waals surface area contributed by atoms with Crippen molar-refractivity contribution in [2.24, 2.45) is 11.8 Å². The van der Waals surface area contributed by atoms with E-state index in [1.807, 2.05) is 13.8 Å². The topological polar surface area (TPSA) is 84.9 Å². The molecule has 7 heteroatoms. The summed E-state index contributed by atoms with van der Waals surface area (Å²) in [5, 5.41) is 2.86. The molecule has 28 heavy (non-hydrogen) atoms. The quantitative estimate of drug-likeness (QED) is 0.722. The number of methoxy groups -OCH3 is 1. The maximum Gasteiger partial charge on any atom is 0.309 e. The fraction of sp³-hybridized carbons (Fsp3) is 0.571. The van der Waals surface area contributed by atoms with Gasteiger partial charge in [-0.15, -0.1) is 0 Å². The summed E-state index contributed by atoms with van der Waals surface area (Å²) < 4.78 is 10.2. The Bertz CT molecular complexity index is 679. The standard InChI is InChI=1S/C21H30N2O5/c1-5-28-21(26)16-10-12-23(13-11-16)20(25)18(14(2)3)22-19(24)15-6-8-17(27-4)9-7-15/h6-9,14,16,18H,5,10-13H2,1-4H3,(H,22,24). The van der Waals surface area contributed by atoms with Gasteiger partial charge in [-0.1, -0.05) is 13.8 Å². The van der Waals surface area contributed by atoms with Crippen LogP contribution in [0.2, 0.25) is 0 Å². The van der Waals surface area contributed by atoms with Gasteiger partial charge in [-0.05, 0) is 49.9 Å². The fourth-order valence-corrected chi connectivity index (χ4v) is 3.27. The molecular weight excluding hydrogens is 360 g/mol. The number of benzene rings is 1. The maximum absolute atomic E-state index is 13.0. The van der Waals surface area contributed by atoms with Gasteiger partial charge in [-0.25, -0.2) is 0 Å². The lowest BCUT2D eigenvalue weighted by Crippen LogP contribution is -2.53. The number of likely N-dealkylation sites (tertiary alicyclic amines) is 1. The number of hydrogen-bond donors (Lipinski definition) is 1. The first-order chi connectivity index (χ1) is 13.4. The van der Waals surface area contributed by atoms with Crippen molar-refractivity contribution < 1.29 is 23.9 Å². The monoisotopic (exact) mass is 390 g/mol. The molecule has 154 valence electrons. The second-order valence-corrected chi connectivity index (χ2v) is 7.28. The minimum Gasteiger partial charge on any atom is -0.497 e. The Labute approximate surface area is 166 Å². The molecule has 0 spiro atoms. The normalized spacial score (nSPS) is 15.8. The summed E-state index contributed by atoms with van der Waals surface area (Å²) in [7, 11) is 1.56. The number of piperidine rings is 1. The molecule has 1 aromatic rings. The van der Waals surface area contributed by atoms with Gasteiger partial charge >= 0.3 is 5.97 Å². The van der Waals surface area contributed by atoms with Crippen LogP contribution in [0.25, 0.3) is 0 Å². The summed E-state index contributed by atoms with van der Waals surface area (Å²) in [5.74, 6) is -0.150. The van der Waals surface area contributed by atoms with E-state index in [4.69, 9.17) is 9.47 Å². The number of rotatable bonds is 7. The summed E-state index contributed by atoms with van der Waals surface area (Å²) >= 11 is 0. The van der Waals surface area contributed by atoms with E-state index >= 15 is 0 Å². The van der Waals surface area contributed by atoms with Crippen molar-refractivity contribution in [1.29, 1.82) is 0 Å². The number of carbonyl (C=O) groups excluding carboxylic acids is 3. The lowest BCUT2D eigenvalue weighted by molar-refractivity contribution is -0.151. The van der Waals surface area contributed by atoms with Crippen LogP contribution in [0.15, 0.2) is 24.3 Å². The highest BCUT2D eigenvalue weighted by atomic mass is 16.5. The van der Waals surface area contributed by atoms with E-state index < -0.39 is 6.04 Å². The van der Waals surface area contributed by atoms with E-state index in [1.165, 1.54) is 0 Å². The lowest BCUT2D eigenvalue weighted by atomic mass is 9.95. The zero-order valence-corrected chi connectivity index (χ0v) is 17.1. The first-order valence-electron chi connectivity index (χ1n) is 9.77. The van der Waals surface area contributed by atoms with Crippen molar-refractivity contribution >= 4 is 17.8 Å². The Morgan fingerprint density at radius 1 is 1.14 bits per heavy atom. The molecular formula is C21H30N2O5. The van der Waals surface area contributed by atoms with E-state index in [-0.39, 0.29) is 29.6 Å². The third kappa shape index (κ3) is 5.47. The van der Waals surface area contributed by atoms with Crippen LogP contribution in [0.4, 0.5) is 0 Å². The largest absolute Gasteiger partial charge is 0.497 e. The van der Waals surface area contributed by atoms with Gasteiger partial charge in [-0.2, -0.15) is 0 Å². The van der Waals surface area contributed by atoms with E-state index in [0.717, 1.165) is 0 Å². The number of amides is 2. The first-order valence-corrected chi connectivity index (χ1v) is 9.77. The van der Waals surface area contributed by atoms with Crippen LogP contribution in [0.1, 0.15) is 44.0 Å². The minimum atomic E-state index is -0.617. The molecule has 1 heterocycles. The lowest BCUT2D eigenvalue weighted by Gasteiger charge is -2.34. The number of nitrogens with zero attached hydrogens (tertiary/aromatic N) is 1. The molecule has 2 rings (SSSR count). The van der Waals surface area contributed by atoms with Crippen LogP contribution in [-0.2, 0) is 14.3 Å². The van der Waals surface area contributed by atoms with Crippen molar-refractivity contribution in [1.82, 2.24) is 10.2 Å². The first kappa shape index (κ1) is 21.7. The molecule has 1 N–H and O–H groups in total. The van der Waals surface area contributed by atoms with Gasteiger partial charge in [0.1, 0.15) is 11.8 Å². The Morgan fingerprint density at radius 3 is 2.25 bits per heavy atom. The van der Waals surface area contributed by atoms with Crippen LogP contribution in [0.5, 0.6) is 5.75 Å². The average Bonchev–Trinajstić information content (AvgIpc) is 2.71. The second kappa shape index (κ2) is 10.1. The summed E-state index contributed by atoms with van der Waals surface area (Å²) in [6, 6.07) is 6.14. The Hall–Kier alpha value is -2.57. The summed E-state index contributed by atoms with van der Waals surface area (Å²) in [6.45, 7) is 6.94. The van der Waals surface area contributed by atoms with Crippen molar-refractivity contribution in [3.05, 3.63) is 29.8 Å². The molecule has 0 aliphatic carbocycles. The number of esters is 1. The van der Waals surface area contributed by atoms with E-state index in [2.05, 4.69) is 5.32 Å². The molecule has 1 aliphatic rings. The van der Waals surface area contributed by atoms with E-state index in [1.54, 1.807) is 43.2 Å². The number of hydrogen-bond acceptors (Lipinski definition) is 5. The van der Waals surface area contributed by atoms with E-state index in [0.29, 0.717) is 43.9 Å². The van der Waals surface area contributed by atoms with Crippen LogP contribution >= 0.6 is 0 Å². The predicted molar refractivity (Wildman–Crippen MR) is 105 cm³/mol. The smallest absolute Gasteiger partial charge is 0.309 e. The average molecular weight is 390 g/mol. The molecule has 2 amide bonds. The molecule has 1 saturated heterocycles. The Kier molecular flexibility index (Phi) is 7.84. The third-order valence-corrected chi connectivity index (χ3v) is 5.00. The Morgan fingerprint density at radius 2 is 1.75 bits per heavy atom. The second-order valence-electron chi connectivity index (χ2n) is 7.28. The molecule has 0 saturated carbocycles. The number of carbonyl (C=O) groups is 3. The highest BCUT2D eigenvalue weighted by molar-refractivity contribution is 5.97. The van der Waals surface area contributed by atoms with Gasteiger partial charge in [0.05, 0.1) is 19.6 Å². The zero-order valence-electron chi connectivity index (χ0n) is 17.1. The van der Waals surface area contributed by atoms with Crippen molar-refractivity contribution in [3.8, 4) is 5.75 Å². The van der Waals surface area contributed by atoms with Crippen LogP contribution in [0.3, 0.4) is 0 Å². The summed E-state index contributed by atoms with van der Waals surface area (Å²) in [6.07, 6.45) is 1.17. The highest BCUT2D eigenvalue weighted by Gasteiger charge is 2.33. The van der Waals surface area contributed by atoms with Gasteiger partial charge in [-0.3, -0.25) is 14.4 Å². The van der Waals surface area contributed by atoms with Gasteiger partial charge in [0.15, 0.2) is 0 Å². The molecule has 0 bridgehead atoms. The van der Waals surface area contributed by atoms with Crippen LogP contribution in [-0.4, -0.2) is 55.5 Å². The maximum atomic E-state index is 13.0. The third-order valence-electron chi connectivity index (χ3n) is 5.00. The molecule has 1 fully saturated rings. The van der Waals surface area contributed by atoms with Crippen LogP contribution < -0.4 is 10.1 Å². The zero-order chi connectivity index (χ0) is 20.7. The summed E-state index contributed by atoms with van der Waals surface area (Å²) in [4.78, 5) is 39.2. The molecule has 1 aromatic carbocycles. The van der Waals surface area contributed by atoms with Gasteiger partial charge in [0.2, 0.25) is 5.91 Å². The molecule has 1 unspecified atom stereocenters. The predicted octanol–water partition coefficient (Wildman–Crippen LogP) is 2.25. The van der Waals surface area contributed by atoms with Crippen molar-refractivity contribution in [2.45, 2.75) is 39.7 Å². The van der Waals surface area contributed by atoms with Gasteiger partial charge in [0, 0.05) is 18.7 Å². The number of nitrogens with one attached hydrogen (secondary N) is 1. The van der Waals surface area contributed by atoms with E-state index in [9.17, 15) is 14.4 Å². The fourth-order valence-electron chi connectivity index (χ4n) is 3.27. The molecule has 1 aliphatic heterocycles.